The Morgan fingerprint density at radius 1 is 1.44 bits per heavy atom. The molecule has 0 amide bonds. The van der Waals surface area contributed by atoms with E-state index in [2.05, 4.69) is 54.7 Å². The molecule has 0 heterocycles. The summed E-state index contributed by atoms with van der Waals surface area (Å²) in [7, 11) is 1.95. The number of rotatable bonds is 3. The molecule has 0 spiro atoms. The Kier molecular flexibility index (Phi) is 4.17. The first-order valence-corrected chi connectivity index (χ1v) is 8.14. The summed E-state index contributed by atoms with van der Waals surface area (Å²) in [5.74, 6) is 0.649. The highest BCUT2D eigenvalue weighted by Crippen LogP contribution is 2.55. The van der Waals surface area contributed by atoms with Gasteiger partial charge >= 0.3 is 0 Å². The van der Waals surface area contributed by atoms with Gasteiger partial charge in [0.05, 0.1) is 0 Å². The number of halogens is 2. The summed E-state index contributed by atoms with van der Waals surface area (Å²) < 4.78 is 0.451. The lowest BCUT2D eigenvalue weighted by atomic mass is 9.59. The average molecular weight is 378 g/mol. The number of alkyl halides is 1. The maximum Gasteiger partial charge on any atom is 0.0471 e. The molecule has 1 aliphatic rings. The molecule has 2 rings (SSSR count). The number of hydrogen-bond acceptors (Lipinski definition) is 1. The second kappa shape index (κ2) is 5.20. The molecular formula is C15H21ClIN. The molecule has 100 valence electrons. The number of nitrogens with one attached hydrogen (secondary N) is 1. The predicted octanol–water partition coefficient (Wildman–Crippen LogP) is 5.78. The minimum atomic E-state index is 0.413. The fraction of sp³-hybridized carbons (Fsp3) is 0.600. The van der Waals surface area contributed by atoms with Gasteiger partial charge in [-0.15, -0.1) is 0 Å². The fourth-order valence-electron chi connectivity index (χ4n) is 2.93. The number of benzene rings is 1. The Morgan fingerprint density at radius 2 is 2.11 bits per heavy atom. The topological polar surface area (TPSA) is 12.0 Å². The molecule has 1 saturated carbocycles. The minimum Gasteiger partial charge on any atom is -0.388 e. The summed E-state index contributed by atoms with van der Waals surface area (Å²) in [4.78, 5) is 0. The minimum absolute atomic E-state index is 0.413. The van der Waals surface area contributed by atoms with Crippen molar-refractivity contribution in [1.82, 2.24) is 0 Å². The zero-order valence-electron chi connectivity index (χ0n) is 11.5. The van der Waals surface area contributed by atoms with E-state index >= 15 is 0 Å². The van der Waals surface area contributed by atoms with Gasteiger partial charge in [-0.05, 0) is 54.4 Å². The average Bonchev–Trinajstić information content (AvgIpc) is 2.26. The molecule has 1 aromatic rings. The highest BCUT2D eigenvalue weighted by molar-refractivity contribution is 14.1. The molecule has 1 nitrogen and oxygen atoms in total. The Labute approximate surface area is 129 Å². The Hall–Kier alpha value is 0.0400. The van der Waals surface area contributed by atoms with Crippen molar-refractivity contribution in [1.29, 1.82) is 0 Å². The van der Waals surface area contributed by atoms with Crippen LogP contribution in [0, 0.1) is 5.41 Å². The molecule has 1 N–H and O–H groups in total. The van der Waals surface area contributed by atoms with Crippen LogP contribution in [-0.2, 0) is 0 Å². The van der Waals surface area contributed by atoms with Crippen molar-refractivity contribution >= 4 is 39.9 Å². The summed E-state index contributed by atoms with van der Waals surface area (Å²) in [6, 6.07) is 4.34. The molecule has 3 heteroatoms. The van der Waals surface area contributed by atoms with Crippen LogP contribution < -0.4 is 5.32 Å². The first-order valence-electron chi connectivity index (χ1n) is 6.52. The summed E-state index contributed by atoms with van der Waals surface area (Å²) >= 11 is 8.95. The third kappa shape index (κ3) is 2.51. The van der Waals surface area contributed by atoms with E-state index in [1.807, 2.05) is 13.1 Å². The van der Waals surface area contributed by atoms with Gasteiger partial charge in [0.1, 0.15) is 0 Å². The van der Waals surface area contributed by atoms with E-state index in [1.54, 1.807) is 0 Å². The molecule has 0 aliphatic heterocycles. The molecular weight excluding hydrogens is 357 g/mol. The van der Waals surface area contributed by atoms with E-state index in [9.17, 15) is 0 Å². The Morgan fingerprint density at radius 3 is 2.50 bits per heavy atom. The Balaban J connectivity index is 2.52. The van der Waals surface area contributed by atoms with Crippen LogP contribution >= 0.6 is 34.2 Å². The van der Waals surface area contributed by atoms with Crippen LogP contribution in [0.15, 0.2) is 12.1 Å². The molecule has 1 fully saturated rings. The van der Waals surface area contributed by atoms with Crippen molar-refractivity contribution in [3.8, 4) is 0 Å². The van der Waals surface area contributed by atoms with E-state index < -0.39 is 0 Å². The maximum absolute atomic E-state index is 6.48. The van der Waals surface area contributed by atoms with E-state index in [0.717, 1.165) is 10.7 Å². The van der Waals surface area contributed by atoms with Gasteiger partial charge in [-0.3, -0.25) is 0 Å². The third-order valence-corrected chi connectivity index (χ3v) is 5.18. The van der Waals surface area contributed by atoms with Crippen LogP contribution in [0.2, 0.25) is 5.02 Å². The molecule has 1 aliphatic carbocycles. The molecule has 2 atom stereocenters. The van der Waals surface area contributed by atoms with Crippen LogP contribution in [0.1, 0.15) is 54.6 Å². The third-order valence-electron chi connectivity index (χ3n) is 4.24. The Bertz CT molecular complexity index is 454. The van der Waals surface area contributed by atoms with Crippen molar-refractivity contribution in [2.45, 2.75) is 43.5 Å². The SMILES string of the molecule is CNc1cc(Cl)c([C@@H](C)I)c(C2CCC2(C)C)c1. The summed E-state index contributed by atoms with van der Waals surface area (Å²) in [5.41, 5.74) is 4.31. The van der Waals surface area contributed by atoms with Gasteiger partial charge < -0.3 is 5.32 Å². The zero-order chi connectivity index (χ0) is 13.5. The normalized spacial score (nSPS) is 23.3. The monoisotopic (exact) mass is 377 g/mol. The van der Waals surface area contributed by atoms with Gasteiger partial charge in [-0.25, -0.2) is 0 Å². The lowest BCUT2D eigenvalue weighted by molar-refractivity contribution is 0.139. The van der Waals surface area contributed by atoms with E-state index in [4.69, 9.17) is 11.6 Å². The van der Waals surface area contributed by atoms with Crippen molar-refractivity contribution < 1.29 is 0 Å². The molecule has 1 unspecified atom stereocenters. The maximum atomic E-state index is 6.48. The van der Waals surface area contributed by atoms with Crippen molar-refractivity contribution in [2.75, 3.05) is 12.4 Å². The predicted molar refractivity (Wildman–Crippen MR) is 89.2 cm³/mol. The summed E-state index contributed by atoms with van der Waals surface area (Å²) in [6.45, 7) is 6.95. The van der Waals surface area contributed by atoms with Crippen molar-refractivity contribution in [3.05, 3.63) is 28.3 Å². The first-order chi connectivity index (χ1) is 8.36. The molecule has 0 bridgehead atoms. The zero-order valence-corrected chi connectivity index (χ0v) is 14.4. The summed E-state index contributed by atoms with van der Waals surface area (Å²) in [6.07, 6.45) is 2.60. The van der Waals surface area contributed by atoms with Crippen LogP contribution in [-0.4, -0.2) is 7.05 Å². The standard InChI is InChI=1S/C15H21ClIN/c1-9(17)14-11(12-5-6-15(12,2)3)7-10(18-4)8-13(14)16/h7-9,12,18H,5-6H2,1-4H3/t9-,12?/m1/s1. The van der Waals surface area contributed by atoms with E-state index in [0.29, 0.717) is 15.3 Å². The highest BCUT2D eigenvalue weighted by atomic mass is 127. The summed E-state index contributed by atoms with van der Waals surface area (Å²) in [5, 5.41) is 4.12. The lowest BCUT2D eigenvalue weighted by Gasteiger charge is -2.46. The van der Waals surface area contributed by atoms with Gasteiger partial charge in [0.25, 0.3) is 0 Å². The van der Waals surface area contributed by atoms with E-state index in [-0.39, 0.29) is 0 Å². The van der Waals surface area contributed by atoms with Gasteiger partial charge in [-0.1, -0.05) is 48.0 Å². The largest absolute Gasteiger partial charge is 0.388 e. The van der Waals surface area contributed by atoms with Gasteiger partial charge in [0.2, 0.25) is 0 Å². The molecule has 0 aromatic heterocycles. The van der Waals surface area contributed by atoms with Gasteiger partial charge in [0.15, 0.2) is 0 Å². The fourth-order valence-corrected chi connectivity index (χ4v) is 4.20. The van der Waals surface area contributed by atoms with Crippen molar-refractivity contribution in [3.63, 3.8) is 0 Å². The smallest absolute Gasteiger partial charge is 0.0471 e. The number of anilines is 1. The number of hydrogen-bond donors (Lipinski definition) is 1. The molecule has 0 radical (unpaired) electrons. The van der Waals surface area contributed by atoms with Crippen molar-refractivity contribution in [2.24, 2.45) is 5.41 Å². The first kappa shape index (κ1) is 14.4. The second-order valence-electron chi connectivity index (χ2n) is 5.91. The quantitative estimate of drug-likeness (QED) is 0.520. The highest BCUT2D eigenvalue weighted by Gasteiger charge is 2.41. The van der Waals surface area contributed by atoms with Gasteiger partial charge in [-0.2, -0.15) is 0 Å². The van der Waals surface area contributed by atoms with Gasteiger partial charge in [0, 0.05) is 21.7 Å². The molecule has 18 heavy (non-hydrogen) atoms. The molecule has 0 saturated heterocycles. The lowest BCUT2D eigenvalue weighted by Crippen LogP contribution is -2.33. The van der Waals surface area contributed by atoms with Crippen LogP contribution in [0.5, 0.6) is 0 Å². The molecule has 1 aromatic carbocycles. The van der Waals surface area contributed by atoms with E-state index in [1.165, 1.54) is 24.0 Å². The van der Waals surface area contributed by atoms with Crippen LogP contribution in [0.3, 0.4) is 0 Å². The van der Waals surface area contributed by atoms with Crippen LogP contribution in [0.4, 0.5) is 5.69 Å². The second-order valence-corrected chi connectivity index (χ2v) is 8.18. The van der Waals surface area contributed by atoms with Crippen LogP contribution in [0.25, 0.3) is 0 Å².